The Labute approximate surface area is 179 Å². The highest BCUT2D eigenvalue weighted by Gasteiger charge is 2.43. The highest BCUT2D eigenvalue weighted by atomic mass is 16.5. The Balaban J connectivity index is 1.55. The molecule has 0 aliphatic carbocycles. The van der Waals surface area contributed by atoms with E-state index in [2.05, 4.69) is 10.6 Å². The van der Waals surface area contributed by atoms with Crippen molar-refractivity contribution in [1.29, 1.82) is 0 Å². The lowest BCUT2D eigenvalue weighted by Crippen LogP contribution is -2.41. The van der Waals surface area contributed by atoms with Crippen LogP contribution in [0.2, 0.25) is 0 Å². The quantitative estimate of drug-likeness (QED) is 0.639. The summed E-state index contributed by atoms with van der Waals surface area (Å²) in [5, 5.41) is 15.0. The number of methoxy groups -OCH3 is 1. The molecule has 2 atom stereocenters. The Morgan fingerprint density at radius 1 is 1.19 bits per heavy atom. The third kappa shape index (κ3) is 4.44. The summed E-state index contributed by atoms with van der Waals surface area (Å²) in [6, 6.07) is 11.1. The summed E-state index contributed by atoms with van der Waals surface area (Å²) in [5.41, 5.74) is 2.59. The van der Waals surface area contributed by atoms with E-state index >= 15 is 0 Å². The van der Waals surface area contributed by atoms with Gasteiger partial charge in [0.15, 0.2) is 0 Å². The average molecular weight is 421 g/mol. The molecule has 8 heteroatoms. The molecule has 2 aromatic carbocycles. The number of hydrogen-bond acceptors (Lipinski definition) is 5. The fourth-order valence-electron chi connectivity index (χ4n) is 3.91. The lowest BCUT2D eigenvalue weighted by atomic mass is 10.1. The van der Waals surface area contributed by atoms with Gasteiger partial charge in [0.25, 0.3) is 5.91 Å². The van der Waals surface area contributed by atoms with Gasteiger partial charge in [-0.3, -0.25) is 14.4 Å². The average Bonchev–Trinajstić information content (AvgIpc) is 3.14. The number of rotatable bonds is 5. The van der Waals surface area contributed by atoms with E-state index in [-0.39, 0.29) is 42.7 Å². The number of carbonyl (C=O) groups is 3. The molecule has 2 unspecified atom stereocenters. The summed E-state index contributed by atoms with van der Waals surface area (Å²) >= 11 is 0. The topological polar surface area (TPSA) is 108 Å². The van der Waals surface area contributed by atoms with Gasteiger partial charge in [-0.05, 0) is 41.8 Å². The van der Waals surface area contributed by atoms with Crippen molar-refractivity contribution in [3.05, 3.63) is 59.2 Å². The second-order valence-electron chi connectivity index (χ2n) is 7.63. The molecule has 31 heavy (non-hydrogen) atoms. The number of phenolic OH excluding ortho intramolecular Hbond substituents is 1. The fourth-order valence-corrected chi connectivity index (χ4v) is 3.91. The number of aromatic hydroxyl groups is 1. The van der Waals surface area contributed by atoms with Gasteiger partial charge in [0, 0.05) is 19.7 Å². The molecule has 8 nitrogen and oxygen atoms in total. The predicted molar refractivity (Wildman–Crippen MR) is 115 cm³/mol. The number of carbonyl (C=O) groups excluding carboxylic acids is 3. The number of benzene rings is 2. The lowest BCUT2D eigenvalue weighted by Gasteiger charge is -2.20. The van der Waals surface area contributed by atoms with Crippen LogP contribution in [0.4, 0.5) is 5.69 Å². The van der Waals surface area contributed by atoms with Crippen molar-refractivity contribution in [1.82, 2.24) is 10.2 Å². The maximum atomic E-state index is 13.2. The number of amides is 3. The maximum absolute atomic E-state index is 13.2. The normalized spacial score (nSPS) is 20.2. The molecule has 2 aliphatic rings. The molecular formula is C23H23N3O5. The van der Waals surface area contributed by atoms with Gasteiger partial charge in [0.1, 0.15) is 18.4 Å². The van der Waals surface area contributed by atoms with Crippen LogP contribution in [0.25, 0.3) is 12.2 Å². The summed E-state index contributed by atoms with van der Waals surface area (Å²) in [5.74, 6) is -0.592. The summed E-state index contributed by atoms with van der Waals surface area (Å²) in [6.07, 6.45) is 4.09. The van der Waals surface area contributed by atoms with Gasteiger partial charge < -0.3 is 25.4 Å². The Morgan fingerprint density at radius 3 is 2.65 bits per heavy atom. The Morgan fingerprint density at radius 2 is 1.90 bits per heavy atom. The van der Waals surface area contributed by atoms with E-state index in [4.69, 9.17) is 4.74 Å². The molecule has 3 N–H and O–H groups in total. The highest BCUT2D eigenvalue weighted by molar-refractivity contribution is 6.10. The van der Waals surface area contributed by atoms with Gasteiger partial charge in [-0.2, -0.15) is 0 Å². The van der Waals surface area contributed by atoms with Crippen molar-refractivity contribution in [3.63, 3.8) is 0 Å². The van der Waals surface area contributed by atoms with E-state index < -0.39 is 6.04 Å². The first kappa shape index (κ1) is 20.6. The van der Waals surface area contributed by atoms with E-state index in [1.807, 2.05) is 18.2 Å². The van der Waals surface area contributed by atoms with E-state index in [0.717, 1.165) is 11.1 Å². The van der Waals surface area contributed by atoms with Crippen LogP contribution >= 0.6 is 0 Å². The molecular weight excluding hydrogens is 398 g/mol. The van der Waals surface area contributed by atoms with Crippen molar-refractivity contribution < 1.29 is 24.2 Å². The van der Waals surface area contributed by atoms with Crippen LogP contribution in [0.5, 0.6) is 5.75 Å². The van der Waals surface area contributed by atoms with Gasteiger partial charge >= 0.3 is 0 Å². The summed E-state index contributed by atoms with van der Waals surface area (Å²) in [4.78, 5) is 39.3. The fraction of sp³-hybridized carbons (Fsp3) is 0.261. The predicted octanol–water partition coefficient (Wildman–Crippen LogP) is 1.86. The maximum Gasteiger partial charge on any atom is 0.256 e. The first-order valence-electron chi connectivity index (χ1n) is 9.96. The van der Waals surface area contributed by atoms with E-state index in [0.29, 0.717) is 17.7 Å². The standard InChI is InChI=1S/C23H23N3O5/c1-31-13-21(28)24-16-11-20-22(29)25-19-9-6-15(10-18(19)23(30)26(20)12-16)3-2-14-4-7-17(27)8-5-14/h2-10,16,20,27H,11-13H2,1H3,(H,24,28)(H,25,29). The van der Waals surface area contributed by atoms with Crippen molar-refractivity contribution >= 4 is 35.6 Å². The van der Waals surface area contributed by atoms with E-state index in [1.54, 1.807) is 36.4 Å². The number of phenols is 1. The van der Waals surface area contributed by atoms with E-state index in [9.17, 15) is 19.5 Å². The molecule has 1 saturated heterocycles. The third-order valence-corrected chi connectivity index (χ3v) is 5.40. The van der Waals surface area contributed by atoms with Gasteiger partial charge in [-0.25, -0.2) is 0 Å². The van der Waals surface area contributed by atoms with Crippen LogP contribution in [-0.4, -0.2) is 60.1 Å². The van der Waals surface area contributed by atoms with Crippen molar-refractivity contribution in [2.75, 3.05) is 25.6 Å². The third-order valence-electron chi connectivity index (χ3n) is 5.40. The summed E-state index contributed by atoms with van der Waals surface area (Å²) < 4.78 is 4.82. The number of nitrogens with one attached hydrogen (secondary N) is 2. The minimum Gasteiger partial charge on any atom is -0.508 e. The molecule has 2 aliphatic heterocycles. The molecule has 4 rings (SSSR count). The largest absolute Gasteiger partial charge is 0.508 e. The van der Waals surface area contributed by atoms with Crippen molar-refractivity contribution in [2.24, 2.45) is 0 Å². The van der Waals surface area contributed by atoms with Crippen LogP contribution < -0.4 is 10.6 Å². The van der Waals surface area contributed by atoms with E-state index in [1.165, 1.54) is 12.0 Å². The molecule has 2 aromatic rings. The second kappa shape index (κ2) is 8.61. The molecule has 0 aromatic heterocycles. The minimum atomic E-state index is -0.635. The van der Waals surface area contributed by atoms with Crippen LogP contribution in [-0.2, 0) is 14.3 Å². The lowest BCUT2D eigenvalue weighted by molar-refractivity contribution is -0.125. The molecule has 0 saturated carbocycles. The van der Waals surface area contributed by atoms with Crippen LogP contribution in [0, 0.1) is 0 Å². The molecule has 0 spiro atoms. The van der Waals surface area contributed by atoms with Gasteiger partial charge in [-0.1, -0.05) is 30.4 Å². The van der Waals surface area contributed by atoms with Crippen molar-refractivity contribution in [2.45, 2.75) is 18.5 Å². The number of fused-ring (bicyclic) bond motifs is 2. The number of anilines is 1. The number of hydrogen-bond donors (Lipinski definition) is 3. The van der Waals surface area contributed by atoms with Crippen molar-refractivity contribution in [3.8, 4) is 5.75 Å². The number of ether oxygens (including phenoxy) is 1. The zero-order valence-electron chi connectivity index (χ0n) is 17.0. The first-order valence-corrected chi connectivity index (χ1v) is 9.96. The Kier molecular flexibility index (Phi) is 5.73. The molecule has 160 valence electrons. The second-order valence-corrected chi connectivity index (χ2v) is 7.63. The zero-order chi connectivity index (χ0) is 22.0. The Hall–Kier alpha value is -3.65. The molecule has 3 amide bonds. The number of nitrogens with zero attached hydrogens (tertiary/aromatic N) is 1. The van der Waals surface area contributed by atoms with Crippen LogP contribution in [0.1, 0.15) is 27.9 Å². The summed E-state index contributed by atoms with van der Waals surface area (Å²) in [6.45, 7) is 0.195. The first-order chi connectivity index (χ1) is 14.9. The molecule has 0 bridgehead atoms. The van der Waals surface area contributed by atoms with Crippen LogP contribution in [0.3, 0.4) is 0 Å². The monoisotopic (exact) mass is 421 g/mol. The smallest absolute Gasteiger partial charge is 0.256 e. The Bertz CT molecular complexity index is 1050. The summed E-state index contributed by atoms with van der Waals surface area (Å²) in [7, 11) is 1.43. The highest BCUT2D eigenvalue weighted by Crippen LogP contribution is 2.30. The molecule has 0 radical (unpaired) electrons. The minimum absolute atomic E-state index is 0.0686. The van der Waals surface area contributed by atoms with Gasteiger partial charge in [0.05, 0.1) is 11.3 Å². The SMILES string of the molecule is COCC(=O)NC1CC2C(=O)Nc3ccc(C=Cc4ccc(O)cc4)cc3C(=O)N2C1. The zero-order valence-corrected chi connectivity index (χ0v) is 17.0. The van der Waals surface area contributed by atoms with Gasteiger partial charge in [0.2, 0.25) is 11.8 Å². The van der Waals surface area contributed by atoms with Gasteiger partial charge in [-0.15, -0.1) is 0 Å². The van der Waals surface area contributed by atoms with Crippen LogP contribution in [0.15, 0.2) is 42.5 Å². The molecule has 2 heterocycles. The molecule has 1 fully saturated rings.